The molecule has 3 aromatic carbocycles. The number of nitrogens with one attached hydrogen (secondary N) is 1. The lowest BCUT2D eigenvalue weighted by Crippen LogP contribution is -2.54. The van der Waals surface area contributed by atoms with Gasteiger partial charge in [-0.3, -0.25) is 25.0 Å². The molecule has 1 aliphatic heterocycles. The summed E-state index contributed by atoms with van der Waals surface area (Å²) in [5, 5.41) is 13.0. The number of hydrogen-bond donors (Lipinski definition) is 1. The highest BCUT2D eigenvalue weighted by atomic mass is 79.9. The SMILES string of the molecule is CCOc1ccc(N2C(=O)NC(=O)/C(=C/c3cc(Br)c(OCc4ccc([N+](=O)[O-])cc4)c(OC)c3)C2=O)cc1. The van der Waals surface area contributed by atoms with Crippen molar-refractivity contribution in [3.05, 3.63) is 92.0 Å². The van der Waals surface area contributed by atoms with Gasteiger partial charge in [-0.15, -0.1) is 0 Å². The van der Waals surface area contributed by atoms with Gasteiger partial charge in [-0.1, -0.05) is 0 Å². The van der Waals surface area contributed by atoms with Crippen molar-refractivity contribution in [2.24, 2.45) is 0 Å². The number of carbonyl (C=O) groups excluding carboxylic acids is 3. The average Bonchev–Trinajstić information content (AvgIpc) is 2.91. The number of nitrogens with zero attached hydrogens (tertiary/aromatic N) is 2. The summed E-state index contributed by atoms with van der Waals surface area (Å²) in [6.07, 6.45) is 1.35. The van der Waals surface area contributed by atoms with E-state index in [1.807, 2.05) is 6.92 Å². The van der Waals surface area contributed by atoms with Crippen molar-refractivity contribution in [3.63, 3.8) is 0 Å². The van der Waals surface area contributed by atoms with Crippen molar-refractivity contribution >= 4 is 51.2 Å². The molecular weight excluding hydrogens is 574 g/mol. The fourth-order valence-corrected chi connectivity index (χ4v) is 4.32. The molecule has 1 fully saturated rings. The molecule has 0 spiro atoms. The largest absolute Gasteiger partial charge is 0.494 e. The number of nitro benzene ring substituents is 1. The summed E-state index contributed by atoms with van der Waals surface area (Å²) >= 11 is 3.43. The molecule has 1 aliphatic rings. The number of non-ortho nitro benzene ring substituents is 1. The van der Waals surface area contributed by atoms with Gasteiger partial charge in [0.05, 0.1) is 28.8 Å². The minimum Gasteiger partial charge on any atom is -0.494 e. The van der Waals surface area contributed by atoms with Crippen LogP contribution in [0.5, 0.6) is 17.2 Å². The maximum absolute atomic E-state index is 13.2. The maximum Gasteiger partial charge on any atom is 0.335 e. The van der Waals surface area contributed by atoms with Gasteiger partial charge in [-0.25, -0.2) is 9.69 Å². The number of amides is 4. The van der Waals surface area contributed by atoms with Crippen LogP contribution in [0.15, 0.2) is 70.7 Å². The van der Waals surface area contributed by atoms with Crippen molar-refractivity contribution in [1.82, 2.24) is 5.32 Å². The number of methoxy groups -OCH3 is 1. The van der Waals surface area contributed by atoms with E-state index in [1.54, 1.807) is 48.5 Å². The molecule has 0 bridgehead atoms. The summed E-state index contributed by atoms with van der Waals surface area (Å²) < 4.78 is 17.2. The Morgan fingerprint density at radius 1 is 1.03 bits per heavy atom. The zero-order valence-electron chi connectivity index (χ0n) is 20.8. The molecule has 200 valence electrons. The quantitative estimate of drug-likeness (QED) is 0.158. The Bertz CT molecular complexity index is 1470. The van der Waals surface area contributed by atoms with Crippen LogP contribution in [0.3, 0.4) is 0 Å². The molecule has 4 rings (SSSR count). The van der Waals surface area contributed by atoms with Crippen LogP contribution < -0.4 is 24.4 Å². The molecule has 0 unspecified atom stereocenters. The summed E-state index contributed by atoms with van der Waals surface area (Å²) in [6, 6.07) is 14.6. The maximum atomic E-state index is 13.2. The first kappa shape index (κ1) is 27.3. The second-order valence-electron chi connectivity index (χ2n) is 8.13. The van der Waals surface area contributed by atoms with Crippen LogP contribution in [0.4, 0.5) is 16.2 Å². The molecule has 12 heteroatoms. The van der Waals surface area contributed by atoms with Gasteiger partial charge >= 0.3 is 6.03 Å². The van der Waals surface area contributed by atoms with Crippen LogP contribution in [0.2, 0.25) is 0 Å². The highest BCUT2D eigenvalue weighted by Gasteiger charge is 2.37. The van der Waals surface area contributed by atoms with E-state index < -0.39 is 22.8 Å². The second-order valence-corrected chi connectivity index (χ2v) is 8.99. The number of urea groups is 1. The van der Waals surface area contributed by atoms with Gasteiger partial charge < -0.3 is 14.2 Å². The van der Waals surface area contributed by atoms with Crippen molar-refractivity contribution in [3.8, 4) is 17.2 Å². The number of anilines is 1. The molecule has 4 amide bonds. The number of rotatable bonds is 9. The van der Waals surface area contributed by atoms with E-state index >= 15 is 0 Å². The normalized spacial score (nSPS) is 14.3. The molecule has 11 nitrogen and oxygen atoms in total. The molecule has 0 radical (unpaired) electrons. The number of hydrogen-bond acceptors (Lipinski definition) is 8. The van der Waals surface area contributed by atoms with E-state index in [4.69, 9.17) is 14.2 Å². The molecule has 0 saturated carbocycles. The van der Waals surface area contributed by atoms with Crippen LogP contribution >= 0.6 is 15.9 Å². The average molecular weight is 596 g/mol. The Morgan fingerprint density at radius 2 is 1.72 bits per heavy atom. The smallest absolute Gasteiger partial charge is 0.335 e. The lowest BCUT2D eigenvalue weighted by atomic mass is 10.1. The number of nitro groups is 1. The van der Waals surface area contributed by atoms with E-state index in [1.165, 1.54) is 25.3 Å². The predicted molar refractivity (Wildman–Crippen MR) is 145 cm³/mol. The van der Waals surface area contributed by atoms with Gasteiger partial charge in [0.2, 0.25) is 0 Å². The van der Waals surface area contributed by atoms with Crippen LogP contribution in [0, 0.1) is 10.1 Å². The Labute approximate surface area is 231 Å². The highest BCUT2D eigenvalue weighted by Crippen LogP contribution is 2.38. The molecular formula is C27H22BrN3O8. The minimum absolute atomic E-state index is 0.0287. The van der Waals surface area contributed by atoms with Crippen molar-refractivity contribution in [2.45, 2.75) is 13.5 Å². The minimum atomic E-state index is -0.861. The number of benzene rings is 3. The van der Waals surface area contributed by atoms with Gasteiger partial charge in [-0.05, 0) is 88.6 Å². The van der Waals surface area contributed by atoms with E-state index in [2.05, 4.69) is 21.2 Å². The van der Waals surface area contributed by atoms with Crippen molar-refractivity contribution in [2.75, 3.05) is 18.6 Å². The third-order valence-electron chi connectivity index (χ3n) is 5.60. The molecule has 1 saturated heterocycles. The van der Waals surface area contributed by atoms with Crippen molar-refractivity contribution < 1.29 is 33.5 Å². The molecule has 1 heterocycles. The number of imide groups is 2. The fraction of sp³-hybridized carbons (Fsp3) is 0.148. The van der Waals surface area contributed by atoms with Gasteiger partial charge in [0.15, 0.2) is 11.5 Å². The van der Waals surface area contributed by atoms with E-state index in [0.717, 1.165) is 4.90 Å². The van der Waals surface area contributed by atoms with Crippen LogP contribution in [0.25, 0.3) is 6.08 Å². The summed E-state index contributed by atoms with van der Waals surface area (Å²) in [5.41, 5.74) is 1.12. The number of barbiturate groups is 1. The molecule has 39 heavy (non-hydrogen) atoms. The Hall–Kier alpha value is -4.71. The van der Waals surface area contributed by atoms with Gasteiger partial charge in [-0.2, -0.15) is 0 Å². The summed E-state index contributed by atoms with van der Waals surface area (Å²) in [6.45, 7) is 2.40. The summed E-state index contributed by atoms with van der Waals surface area (Å²) in [7, 11) is 1.43. The summed E-state index contributed by atoms with van der Waals surface area (Å²) in [5.74, 6) is -0.391. The first-order chi connectivity index (χ1) is 18.7. The predicted octanol–water partition coefficient (Wildman–Crippen LogP) is 5.01. The second kappa shape index (κ2) is 11.8. The van der Waals surface area contributed by atoms with Crippen LogP contribution in [0.1, 0.15) is 18.1 Å². The lowest BCUT2D eigenvalue weighted by molar-refractivity contribution is -0.384. The first-order valence-corrected chi connectivity index (χ1v) is 12.4. The Kier molecular flexibility index (Phi) is 8.25. The molecule has 0 aliphatic carbocycles. The first-order valence-electron chi connectivity index (χ1n) is 11.6. The summed E-state index contributed by atoms with van der Waals surface area (Å²) in [4.78, 5) is 49.6. The Morgan fingerprint density at radius 3 is 2.33 bits per heavy atom. The lowest BCUT2D eigenvalue weighted by Gasteiger charge is -2.26. The third-order valence-corrected chi connectivity index (χ3v) is 6.19. The van der Waals surface area contributed by atoms with Gasteiger partial charge in [0, 0.05) is 12.1 Å². The van der Waals surface area contributed by atoms with Crippen LogP contribution in [-0.4, -0.2) is 36.5 Å². The van der Waals surface area contributed by atoms with E-state index in [-0.39, 0.29) is 23.6 Å². The van der Waals surface area contributed by atoms with Gasteiger partial charge in [0.1, 0.15) is 17.9 Å². The number of ether oxygens (including phenoxy) is 3. The van der Waals surface area contributed by atoms with E-state index in [9.17, 15) is 24.5 Å². The van der Waals surface area contributed by atoms with Crippen LogP contribution in [-0.2, 0) is 16.2 Å². The molecule has 0 atom stereocenters. The standard InChI is InChI=1S/C27H22BrN3O8/c1-3-38-20-10-8-18(9-11-20)30-26(33)21(25(32)29-27(30)34)12-17-13-22(28)24(23(14-17)37-2)39-15-16-4-6-19(7-5-16)31(35)36/h4-14H,3,15H2,1-2H3,(H,29,32,34)/b21-12-. The topological polar surface area (TPSA) is 137 Å². The van der Waals surface area contributed by atoms with E-state index in [0.29, 0.717) is 39.5 Å². The highest BCUT2D eigenvalue weighted by molar-refractivity contribution is 9.10. The Balaban J connectivity index is 1.58. The van der Waals surface area contributed by atoms with Crippen molar-refractivity contribution in [1.29, 1.82) is 0 Å². The molecule has 0 aromatic heterocycles. The zero-order valence-corrected chi connectivity index (χ0v) is 22.4. The monoisotopic (exact) mass is 595 g/mol. The fourth-order valence-electron chi connectivity index (χ4n) is 3.75. The molecule has 1 N–H and O–H groups in total. The van der Waals surface area contributed by atoms with Gasteiger partial charge in [0.25, 0.3) is 17.5 Å². The third kappa shape index (κ3) is 6.07. The number of carbonyl (C=O) groups is 3. The number of halogens is 1. The molecule has 3 aromatic rings. The zero-order chi connectivity index (χ0) is 28.1.